The van der Waals surface area contributed by atoms with Crippen molar-refractivity contribution in [1.82, 2.24) is 20.4 Å². The largest absolute Gasteiger partial charge is 0.416 e. The second kappa shape index (κ2) is 10.1. The van der Waals surface area contributed by atoms with E-state index in [1.54, 1.807) is 20.0 Å². The van der Waals surface area contributed by atoms with Gasteiger partial charge in [-0.1, -0.05) is 34.6 Å². The molecule has 1 N–H and O–H groups in total. The fourth-order valence-electron chi connectivity index (χ4n) is 5.31. The Labute approximate surface area is 225 Å². The van der Waals surface area contributed by atoms with Gasteiger partial charge in [-0.05, 0) is 73.4 Å². The van der Waals surface area contributed by atoms with Crippen molar-refractivity contribution < 1.29 is 18.0 Å². The Morgan fingerprint density at radius 2 is 1.69 bits per heavy atom. The quantitative estimate of drug-likeness (QED) is 0.277. The van der Waals surface area contributed by atoms with Crippen molar-refractivity contribution in [3.63, 3.8) is 0 Å². The molecule has 204 valence electrons. The lowest BCUT2D eigenvalue weighted by Gasteiger charge is -2.30. The highest BCUT2D eigenvalue weighted by atomic mass is 19.4. The molecule has 39 heavy (non-hydrogen) atoms. The highest BCUT2D eigenvalue weighted by Crippen LogP contribution is 2.40. The first-order valence-corrected chi connectivity index (χ1v) is 13.6. The van der Waals surface area contributed by atoms with Crippen LogP contribution < -0.4 is 14.6 Å². The maximum atomic E-state index is 13.6. The van der Waals surface area contributed by atoms with Gasteiger partial charge in [-0.25, -0.2) is 0 Å². The Morgan fingerprint density at radius 1 is 0.974 bits per heavy atom. The maximum Gasteiger partial charge on any atom is 0.416 e. The zero-order valence-electron chi connectivity index (χ0n) is 22.2. The molecular formula is C29H33F3N7+. The van der Waals surface area contributed by atoms with Crippen LogP contribution in [0.3, 0.4) is 0 Å². The van der Waals surface area contributed by atoms with Crippen LogP contribution in [-0.2, 0) is 26.3 Å². The monoisotopic (exact) mass is 536 g/mol. The van der Waals surface area contributed by atoms with E-state index in [0.717, 1.165) is 29.6 Å². The lowest BCUT2D eigenvalue weighted by Crippen LogP contribution is -2.34. The summed E-state index contributed by atoms with van der Waals surface area (Å²) in [7, 11) is 1.74. The lowest BCUT2D eigenvalue weighted by atomic mass is 10.0. The topological polar surface area (TPSA) is 64.8 Å². The molecule has 0 bridgehead atoms. The molecule has 0 atom stereocenters. The fraction of sp³-hybridized carbons (Fsp3) is 0.448. The van der Waals surface area contributed by atoms with Crippen LogP contribution in [0.5, 0.6) is 0 Å². The first kappa shape index (κ1) is 25.6. The van der Waals surface area contributed by atoms with Gasteiger partial charge in [0.2, 0.25) is 0 Å². The number of anilines is 2. The van der Waals surface area contributed by atoms with Gasteiger partial charge in [-0.3, -0.25) is 4.98 Å². The third-order valence-corrected chi connectivity index (χ3v) is 7.51. The molecule has 6 rings (SSSR count). The molecule has 0 amide bonds. The minimum atomic E-state index is -4.41. The lowest BCUT2D eigenvalue weighted by molar-refractivity contribution is -0.783. The van der Waals surface area contributed by atoms with E-state index in [1.807, 2.05) is 29.3 Å². The summed E-state index contributed by atoms with van der Waals surface area (Å²) >= 11 is 0. The second-order valence-corrected chi connectivity index (χ2v) is 11.1. The van der Waals surface area contributed by atoms with Gasteiger partial charge in [0, 0.05) is 41.9 Å². The molecule has 0 unspecified atom stereocenters. The highest BCUT2D eigenvalue weighted by molar-refractivity contribution is 5.93. The number of hydrogen-bond donors (Lipinski definition) is 1. The number of rotatable bonds is 10. The van der Waals surface area contributed by atoms with E-state index in [-0.39, 0.29) is 6.54 Å². The van der Waals surface area contributed by atoms with Crippen molar-refractivity contribution in [2.24, 2.45) is 18.9 Å². The third kappa shape index (κ3) is 5.99. The average molecular weight is 537 g/mol. The van der Waals surface area contributed by atoms with E-state index in [9.17, 15) is 13.2 Å². The van der Waals surface area contributed by atoms with Gasteiger partial charge < -0.3 is 9.80 Å². The number of hydrogen-bond acceptors (Lipinski definition) is 5. The van der Waals surface area contributed by atoms with Crippen LogP contribution in [-0.4, -0.2) is 33.5 Å². The number of aryl methyl sites for hydroxylation is 2. The van der Waals surface area contributed by atoms with E-state index in [1.165, 1.54) is 48.3 Å². The normalized spacial score (nSPS) is 15.6. The number of alkyl halides is 3. The second-order valence-electron chi connectivity index (χ2n) is 11.1. The predicted octanol–water partition coefficient (Wildman–Crippen LogP) is 5.34. The minimum absolute atomic E-state index is 0.222. The van der Waals surface area contributed by atoms with Crippen molar-refractivity contribution in [2.75, 3.05) is 22.9 Å². The Hall–Kier alpha value is -3.69. The first-order chi connectivity index (χ1) is 18.7. The zero-order chi connectivity index (χ0) is 27.1. The van der Waals surface area contributed by atoms with Gasteiger partial charge in [-0.15, -0.1) is 0 Å². The molecule has 10 heteroatoms. The number of nitrogens with zero attached hydrogens (tertiary/aromatic N) is 6. The van der Waals surface area contributed by atoms with Crippen LogP contribution in [0.2, 0.25) is 0 Å². The maximum absolute atomic E-state index is 13.6. The van der Waals surface area contributed by atoms with E-state index in [4.69, 9.17) is 4.98 Å². The first-order valence-electron chi connectivity index (χ1n) is 13.6. The van der Waals surface area contributed by atoms with Crippen LogP contribution in [0.4, 0.5) is 24.8 Å². The van der Waals surface area contributed by atoms with E-state index >= 15 is 0 Å². The van der Waals surface area contributed by atoms with Crippen molar-refractivity contribution >= 4 is 22.5 Å². The summed E-state index contributed by atoms with van der Waals surface area (Å²) in [4.78, 5) is 10.7. The van der Waals surface area contributed by atoms with Gasteiger partial charge in [0.25, 0.3) is 0 Å². The molecule has 2 heterocycles. The Bertz CT molecular complexity index is 1460. The zero-order valence-corrected chi connectivity index (χ0v) is 22.2. The molecule has 2 aliphatic carbocycles. The minimum Gasteiger partial charge on any atom is -0.370 e. The van der Waals surface area contributed by atoms with Crippen LogP contribution in [0.1, 0.15) is 47.9 Å². The van der Waals surface area contributed by atoms with Crippen LogP contribution in [0, 0.1) is 18.8 Å². The van der Waals surface area contributed by atoms with Crippen molar-refractivity contribution in [2.45, 2.75) is 51.9 Å². The van der Waals surface area contributed by atoms with Crippen LogP contribution in [0.25, 0.3) is 10.9 Å². The SMILES string of the molecule is Cc1cc(CN(Cc2cnc3ccccc3c2N(CC2CC2)CC2CC2)c2n[nH][n+](C)n2)cc(C(F)(F)F)c1. The summed E-state index contributed by atoms with van der Waals surface area (Å²) in [5.41, 5.74) is 3.60. The Morgan fingerprint density at radius 3 is 2.33 bits per heavy atom. The molecule has 0 aliphatic heterocycles. The Kier molecular flexibility index (Phi) is 6.64. The summed E-state index contributed by atoms with van der Waals surface area (Å²) in [5.74, 6) is 1.84. The van der Waals surface area contributed by atoms with E-state index < -0.39 is 11.7 Å². The van der Waals surface area contributed by atoms with Gasteiger partial charge >= 0.3 is 12.1 Å². The summed E-state index contributed by atoms with van der Waals surface area (Å²) < 4.78 is 40.8. The number of aromatic amines is 1. The predicted molar refractivity (Wildman–Crippen MR) is 143 cm³/mol. The van der Waals surface area contributed by atoms with Crippen LogP contribution in [0.15, 0.2) is 48.7 Å². The molecule has 0 radical (unpaired) electrons. The highest BCUT2D eigenvalue weighted by Gasteiger charge is 2.33. The molecule has 0 spiro atoms. The summed E-state index contributed by atoms with van der Waals surface area (Å²) in [5, 5.41) is 12.7. The summed E-state index contributed by atoms with van der Waals surface area (Å²) in [6, 6.07) is 12.4. The number of benzene rings is 2. The van der Waals surface area contributed by atoms with Gasteiger partial charge in [0.05, 0.1) is 28.4 Å². The number of para-hydroxylation sites is 1. The van der Waals surface area contributed by atoms with E-state index in [2.05, 4.69) is 26.4 Å². The molecule has 2 fully saturated rings. The Balaban J connectivity index is 1.41. The molecule has 2 saturated carbocycles. The van der Waals surface area contributed by atoms with Crippen molar-refractivity contribution in [3.8, 4) is 0 Å². The van der Waals surface area contributed by atoms with Gasteiger partial charge in [0.15, 0.2) is 0 Å². The molecule has 0 saturated heterocycles. The molecule has 2 aromatic carbocycles. The average Bonchev–Trinajstić information content (AvgIpc) is 3.83. The smallest absolute Gasteiger partial charge is 0.370 e. The van der Waals surface area contributed by atoms with E-state index in [0.29, 0.717) is 35.5 Å². The molecule has 2 aromatic heterocycles. The van der Waals surface area contributed by atoms with Gasteiger partial charge in [-0.2, -0.15) is 13.2 Å². The standard InChI is InChI=1S/C29H32F3N7/c1-19-11-22(13-24(12-19)29(30,31)32)17-39(28-34-36-37(2)35-28)18-23-14-33-26-6-4-3-5-25(26)27(23)38(15-20-7-8-20)16-21-9-10-21/h3-6,11-14,20-21H,7-10,15-18H2,1-2H3/p+1. The molecular weight excluding hydrogens is 503 g/mol. The number of aromatic nitrogens is 5. The number of fused-ring (bicyclic) bond motifs is 1. The number of tetrazole rings is 1. The summed E-state index contributed by atoms with van der Waals surface area (Å²) in [6.45, 7) is 4.35. The van der Waals surface area contributed by atoms with Crippen molar-refractivity contribution in [3.05, 3.63) is 70.9 Å². The molecule has 2 aliphatic rings. The van der Waals surface area contributed by atoms with Crippen LogP contribution >= 0.6 is 0 Å². The number of halogens is 3. The third-order valence-electron chi connectivity index (χ3n) is 7.51. The molecule has 4 aromatic rings. The number of nitrogens with one attached hydrogen (secondary N) is 1. The van der Waals surface area contributed by atoms with Crippen molar-refractivity contribution in [1.29, 1.82) is 0 Å². The summed E-state index contributed by atoms with van der Waals surface area (Å²) in [6.07, 6.45) is 2.54. The fourth-order valence-corrected chi connectivity index (χ4v) is 5.31. The molecule has 7 nitrogen and oxygen atoms in total. The van der Waals surface area contributed by atoms with Gasteiger partial charge in [0.1, 0.15) is 7.05 Å². The number of pyridine rings is 1. The number of H-pyrrole nitrogens is 1.